The van der Waals surface area contributed by atoms with Gasteiger partial charge in [-0.25, -0.2) is 5.10 Å². The van der Waals surface area contributed by atoms with Gasteiger partial charge < -0.3 is 5.32 Å². The first-order valence-corrected chi connectivity index (χ1v) is 8.01. The van der Waals surface area contributed by atoms with Gasteiger partial charge in [0.25, 0.3) is 5.56 Å². The number of carbonyl (C=O) groups excluding carboxylic acids is 1. The molecule has 6 heteroatoms. The van der Waals surface area contributed by atoms with Crippen molar-refractivity contribution in [3.8, 4) is 0 Å². The zero-order valence-electron chi connectivity index (χ0n) is 11.9. The highest BCUT2D eigenvalue weighted by Gasteiger charge is 2.21. The van der Waals surface area contributed by atoms with Crippen molar-refractivity contribution in [2.75, 3.05) is 0 Å². The fraction of sp³-hybridized carbons (Fsp3) is 0.312. The topological polar surface area (TPSA) is 74.8 Å². The van der Waals surface area contributed by atoms with Crippen LogP contribution in [0.4, 0.5) is 0 Å². The lowest BCUT2D eigenvalue weighted by atomic mass is 9.92. The minimum absolute atomic E-state index is 0.00171. The van der Waals surface area contributed by atoms with Crippen LogP contribution in [-0.4, -0.2) is 22.1 Å². The van der Waals surface area contributed by atoms with E-state index >= 15 is 0 Å². The van der Waals surface area contributed by atoms with E-state index in [1.807, 2.05) is 24.3 Å². The van der Waals surface area contributed by atoms with E-state index in [0.717, 1.165) is 34.1 Å². The Balaban J connectivity index is 1.63. The molecule has 0 aliphatic heterocycles. The number of amides is 1. The summed E-state index contributed by atoms with van der Waals surface area (Å²) in [4.78, 5) is 23.5. The summed E-state index contributed by atoms with van der Waals surface area (Å²) in [5, 5.41) is 9.57. The predicted molar refractivity (Wildman–Crippen MR) is 86.7 cm³/mol. The minimum atomic E-state index is -0.195. The second-order valence-corrected chi connectivity index (χ2v) is 6.33. The van der Waals surface area contributed by atoms with Crippen molar-refractivity contribution < 1.29 is 4.79 Å². The van der Waals surface area contributed by atoms with Crippen LogP contribution in [0.15, 0.2) is 39.6 Å². The van der Waals surface area contributed by atoms with Crippen molar-refractivity contribution in [3.63, 3.8) is 0 Å². The maximum Gasteiger partial charge on any atom is 0.264 e. The monoisotopic (exact) mass is 361 g/mol. The molecule has 0 saturated carbocycles. The van der Waals surface area contributed by atoms with Crippen molar-refractivity contribution >= 4 is 21.8 Å². The van der Waals surface area contributed by atoms with E-state index in [1.54, 1.807) is 6.07 Å². The Morgan fingerprint density at radius 3 is 3.05 bits per heavy atom. The number of aromatic nitrogens is 2. The number of rotatable bonds is 3. The molecule has 1 amide bonds. The molecule has 1 aliphatic rings. The molecule has 22 heavy (non-hydrogen) atoms. The Hall–Kier alpha value is -1.95. The number of nitrogens with zero attached hydrogens (tertiary/aromatic N) is 1. The van der Waals surface area contributed by atoms with Gasteiger partial charge >= 0.3 is 0 Å². The van der Waals surface area contributed by atoms with Gasteiger partial charge in [-0.1, -0.05) is 34.1 Å². The summed E-state index contributed by atoms with van der Waals surface area (Å²) < 4.78 is 0.940. The Bertz CT molecular complexity index is 757. The average Bonchev–Trinajstić information content (AvgIpc) is 2.49. The number of aryl methyl sites for hydroxylation is 1. The molecule has 114 valence electrons. The Kier molecular flexibility index (Phi) is 4.38. The third-order valence-electron chi connectivity index (χ3n) is 3.85. The molecule has 3 rings (SSSR count). The maximum atomic E-state index is 12.2. The molecule has 2 aromatic rings. The van der Waals surface area contributed by atoms with Crippen molar-refractivity contribution in [1.29, 1.82) is 0 Å². The number of fused-ring (bicyclic) bond motifs is 1. The van der Waals surface area contributed by atoms with E-state index in [9.17, 15) is 9.59 Å². The molecule has 1 aromatic heterocycles. The first-order valence-electron chi connectivity index (χ1n) is 7.22. The second-order valence-electron chi connectivity index (χ2n) is 5.48. The summed E-state index contributed by atoms with van der Waals surface area (Å²) in [5.41, 5.74) is 2.63. The lowest BCUT2D eigenvalue weighted by Gasteiger charge is -2.24. The summed E-state index contributed by atoms with van der Waals surface area (Å²) in [6.45, 7) is 0. The Morgan fingerprint density at radius 1 is 1.41 bits per heavy atom. The summed E-state index contributed by atoms with van der Waals surface area (Å²) in [7, 11) is 0. The van der Waals surface area contributed by atoms with Gasteiger partial charge in [0.05, 0.1) is 12.1 Å². The van der Waals surface area contributed by atoms with E-state index < -0.39 is 0 Å². The van der Waals surface area contributed by atoms with Gasteiger partial charge in [-0.05, 0) is 36.5 Å². The molecule has 1 atom stereocenters. The smallest absolute Gasteiger partial charge is 0.264 e. The molecule has 0 radical (unpaired) electrons. The zero-order chi connectivity index (χ0) is 15.5. The molecule has 0 unspecified atom stereocenters. The highest BCUT2D eigenvalue weighted by molar-refractivity contribution is 9.10. The summed E-state index contributed by atoms with van der Waals surface area (Å²) in [5.74, 6) is -0.00171. The highest BCUT2D eigenvalue weighted by Crippen LogP contribution is 2.19. The summed E-state index contributed by atoms with van der Waals surface area (Å²) in [6.07, 6.45) is 2.62. The molecular weight excluding hydrogens is 346 g/mol. The summed E-state index contributed by atoms with van der Waals surface area (Å²) in [6, 6.07) is 9.34. The number of carbonyl (C=O) groups is 1. The minimum Gasteiger partial charge on any atom is -0.353 e. The van der Waals surface area contributed by atoms with E-state index in [1.165, 1.54) is 0 Å². The number of benzene rings is 1. The lowest BCUT2D eigenvalue weighted by Crippen LogP contribution is -2.40. The Labute approximate surface area is 136 Å². The fourth-order valence-corrected chi connectivity index (χ4v) is 3.18. The highest BCUT2D eigenvalue weighted by atomic mass is 79.9. The molecule has 0 bridgehead atoms. The molecule has 1 heterocycles. The zero-order valence-corrected chi connectivity index (χ0v) is 13.5. The van der Waals surface area contributed by atoms with Crippen LogP contribution >= 0.6 is 15.9 Å². The van der Waals surface area contributed by atoms with Crippen molar-refractivity contribution in [2.24, 2.45) is 0 Å². The van der Waals surface area contributed by atoms with Gasteiger partial charge in [-0.3, -0.25) is 9.59 Å². The summed E-state index contributed by atoms with van der Waals surface area (Å²) >= 11 is 3.45. The molecule has 1 aliphatic carbocycles. The van der Waals surface area contributed by atoms with Gasteiger partial charge in [-0.2, -0.15) is 5.10 Å². The van der Waals surface area contributed by atoms with Crippen LogP contribution in [0.25, 0.3) is 0 Å². The fourth-order valence-electron chi connectivity index (χ4n) is 2.76. The third-order valence-corrected chi connectivity index (χ3v) is 4.62. The average molecular weight is 362 g/mol. The number of halogens is 1. The third kappa shape index (κ3) is 3.44. The van der Waals surface area contributed by atoms with Crippen LogP contribution in [0.2, 0.25) is 0 Å². The van der Waals surface area contributed by atoms with Gasteiger partial charge in [0.2, 0.25) is 5.91 Å². The number of aromatic amines is 1. The molecule has 2 N–H and O–H groups in total. The van der Waals surface area contributed by atoms with Crippen LogP contribution in [0.1, 0.15) is 23.2 Å². The predicted octanol–water partition coefficient (Wildman–Crippen LogP) is 1.75. The molecule has 0 fully saturated rings. The largest absolute Gasteiger partial charge is 0.353 e. The number of hydrogen-bond donors (Lipinski definition) is 2. The molecular formula is C16H16BrN3O2. The quantitative estimate of drug-likeness (QED) is 0.874. The molecule has 5 nitrogen and oxygen atoms in total. The van der Waals surface area contributed by atoms with Crippen molar-refractivity contribution in [1.82, 2.24) is 15.5 Å². The van der Waals surface area contributed by atoms with Crippen LogP contribution in [0, 0.1) is 0 Å². The lowest BCUT2D eigenvalue weighted by molar-refractivity contribution is -0.121. The normalized spacial score (nSPS) is 16.9. The van der Waals surface area contributed by atoms with Gasteiger partial charge in [0, 0.05) is 16.6 Å². The SMILES string of the molecule is O=C(Cc1ccccc1Br)N[C@@H]1CCc2n[nH]c(=O)cc2C1. The second kappa shape index (κ2) is 6.44. The molecule has 1 aromatic carbocycles. The van der Waals surface area contributed by atoms with Crippen LogP contribution in [0.5, 0.6) is 0 Å². The van der Waals surface area contributed by atoms with Crippen LogP contribution in [-0.2, 0) is 24.1 Å². The van der Waals surface area contributed by atoms with Crippen molar-refractivity contribution in [3.05, 3.63) is 62.0 Å². The van der Waals surface area contributed by atoms with E-state index in [4.69, 9.17) is 0 Å². The maximum absolute atomic E-state index is 12.2. The van der Waals surface area contributed by atoms with Gasteiger partial charge in [0.15, 0.2) is 0 Å². The van der Waals surface area contributed by atoms with Gasteiger partial charge in [0.1, 0.15) is 0 Å². The number of H-pyrrole nitrogens is 1. The van der Waals surface area contributed by atoms with Crippen LogP contribution in [0.3, 0.4) is 0 Å². The number of hydrogen-bond acceptors (Lipinski definition) is 3. The number of nitrogens with one attached hydrogen (secondary N) is 2. The van der Waals surface area contributed by atoms with Crippen molar-refractivity contribution in [2.45, 2.75) is 31.7 Å². The molecule has 0 saturated heterocycles. The van der Waals surface area contributed by atoms with E-state index in [-0.39, 0.29) is 17.5 Å². The van der Waals surface area contributed by atoms with Gasteiger partial charge in [-0.15, -0.1) is 0 Å². The first kappa shape index (κ1) is 15.0. The van der Waals surface area contributed by atoms with Crippen LogP contribution < -0.4 is 10.9 Å². The molecule has 0 spiro atoms. The standard InChI is InChI=1S/C16H16BrN3O2/c17-13-4-2-1-3-10(13)8-15(21)18-12-5-6-14-11(7-12)9-16(22)20-19-14/h1-4,9,12H,5-8H2,(H,18,21)(H,20,22)/t12-/m1/s1. The van der Waals surface area contributed by atoms with E-state index in [2.05, 4.69) is 31.4 Å². The van der Waals surface area contributed by atoms with E-state index in [0.29, 0.717) is 12.8 Å². The Morgan fingerprint density at radius 2 is 2.23 bits per heavy atom. The first-order chi connectivity index (χ1) is 10.6.